The van der Waals surface area contributed by atoms with Gasteiger partial charge in [0.05, 0.1) is 0 Å². The molecule has 1 saturated carbocycles. The predicted octanol–water partition coefficient (Wildman–Crippen LogP) is -5.85. The first-order valence-electron chi connectivity index (χ1n) is 5.01. The molecule has 12 heteroatoms. The summed E-state index contributed by atoms with van der Waals surface area (Å²) >= 11 is 0. The second-order valence-electron chi connectivity index (χ2n) is 3.82. The van der Waals surface area contributed by atoms with Crippen LogP contribution in [0.3, 0.4) is 0 Å². The molecule has 0 amide bonds. The largest absolute Gasteiger partial charge is 0.634 e. The van der Waals surface area contributed by atoms with Crippen LogP contribution in [0.2, 0.25) is 0 Å². The van der Waals surface area contributed by atoms with Gasteiger partial charge in [0.25, 0.3) is 0 Å². The Morgan fingerprint density at radius 1 is 0.556 bits per heavy atom. The van der Waals surface area contributed by atoms with Crippen LogP contribution in [0, 0.1) is 0 Å². The molecule has 10 nitrogen and oxygen atoms in total. The monoisotopic (exact) mass is 268 g/mol. The summed E-state index contributed by atoms with van der Waals surface area (Å²) in [5, 5.41) is 72.3. The van der Waals surface area contributed by atoms with E-state index >= 15 is 0 Å². The molecule has 6 atom stereocenters. The molecular formula is C6H14B2O10. The summed E-state index contributed by atoms with van der Waals surface area (Å²) in [7, 11) is -4.72. The van der Waals surface area contributed by atoms with Crippen molar-refractivity contribution in [2.75, 3.05) is 0 Å². The summed E-state index contributed by atoms with van der Waals surface area (Å²) in [6.07, 6.45) is -10.7. The molecular weight excluding hydrogens is 254 g/mol. The average molecular weight is 268 g/mol. The molecule has 0 heterocycles. The van der Waals surface area contributed by atoms with Crippen molar-refractivity contribution in [3.05, 3.63) is 0 Å². The molecule has 104 valence electrons. The van der Waals surface area contributed by atoms with E-state index in [4.69, 9.17) is 20.1 Å². The molecule has 0 saturated heterocycles. The highest BCUT2D eigenvalue weighted by atomic mass is 16.7. The van der Waals surface area contributed by atoms with E-state index in [-0.39, 0.29) is 0 Å². The lowest BCUT2D eigenvalue weighted by Gasteiger charge is -2.43. The summed E-state index contributed by atoms with van der Waals surface area (Å²) in [4.78, 5) is 0. The summed E-state index contributed by atoms with van der Waals surface area (Å²) in [6, 6.07) is 0. The molecule has 0 radical (unpaired) electrons. The van der Waals surface area contributed by atoms with Gasteiger partial charge in [-0.15, -0.1) is 0 Å². The van der Waals surface area contributed by atoms with E-state index in [9.17, 15) is 20.4 Å². The SMILES string of the molecule is OB(O)O[C@@H]1[C@@H](O)[C@H](O)[C@@H](O)[C@H](O)[C@H]1OB(O)O. The smallest absolute Gasteiger partial charge is 0.402 e. The lowest BCUT2D eigenvalue weighted by molar-refractivity contribution is -0.220. The molecule has 1 rings (SSSR count). The van der Waals surface area contributed by atoms with Crippen LogP contribution in [-0.4, -0.2) is 91.8 Å². The highest BCUT2D eigenvalue weighted by molar-refractivity contribution is 6.33. The molecule has 1 aliphatic rings. The van der Waals surface area contributed by atoms with Gasteiger partial charge in [0.1, 0.15) is 36.6 Å². The Labute approximate surface area is 102 Å². The molecule has 0 unspecified atom stereocenters. The first-order chi connectivity index (χ1) is 8.25. The van der Waals surface area contributed by atoms with Gasteiger partial charge in [-0.3, -0.25) is 0 Å². The quantitative estimate of drug-likeness (QED) is 0.229. The van der Waals surface area contributed by atoms with E-state index in [2.05, 4.69) is 9.31 Å². The minimum Gasteiger partial charge on any atom is -0.402 e. The third-order valence-corrected chi connectivity index (χ3v) is 2.60. The third-order valence-electron chi connectivity index (χ3n) is 2.60. The second kappa shape index (κ2) is 6.25. The molecule has 0 aliphatic heterocycles. The fourth-order valence-electron chi connectivity index (χ4n) is 1.78. The second-order valence-corrected chi connectivity index (χ2v) is 3.82. The maximum absolute atomic E-state index is 9.55. The van der Waals surface area contributed by atoms with Gasteiger partial charge >= 0.3 is 14.6 Å². The van der Waals surface area contributed by atoms with E-state index < -0.39 is 51.3 Å². The minimum absolute atomic E-state index is 1.69. The molecule has 0 aromatic rings. The highest BCUT2D eigenvalue weighted by Crippen LogP contribution is 2.26. The molecule has 8 N–H and O–H groups in total. The van der Waals surface area contributed by atoms with E-state index in [0.29, 0.717) is 0 Å². The standard InChI is InChI=1S/C6H14B2O10/c9-1-2(10)4(12)6(18-8(15)16)5(3(1)11)17-7(13)14/h1-6,9-16H/t1-,2-,3+,4+,5-,6-/m1/s1. The van der Waals surface area contributed by atoms with Crippen molar-refractivity contribution >= 4 is 14.6 Å². The maximum Gasteiger partial charge on any atom is 0.634 e. The number of hydrogen-bond donors (Lipinski definition) is 8. The fraction of sp³-hybridized carbons (Fsp3) is 1.00. The Bertz CT molecular complexity index is 239. The maximum atomic E-state index is 9.55. The van der Waals surface area contributed by atoms with E-state index in [1.165, 1.54) is 0 Å². The Kier molecular flexibility index (Phi) is 5.48. The van der Waals surface area contributed by atoms with Gasteiger partial charge in [-0.25, -0.2) is 0 Å². The molecule has 18 heavy (non-hydrogen) atoms. The van der Waals surface area contributed by atoms with Crippen molar-refractivity contribution in [3.8, 4) is 0 Å². The van der Waals surface area contributed by atoms with Gasteiger partial charge in [-0.2, -0.15) is 0 Å². The molecule has 1 aliphatic carbocycles. The zero-order chi connectivity index (χ0) is 14.0. The first-order valence-corrected chi connectivity index (χ1v) is 5.01. The zero-order valence-corrected chi connectivity index (χ0v) is 9.01. The van der Waals surface area contributed by atoms with Crippen LogP contribution in [0.15, 0.2) is 0 Å². The van der Waals surface area contributed by atoms with Gasteiger partial charge in [0, 0.05) is 0 Å². The van der Waals surface area contributed by atoms with Crippen molar-refractivity contribution in [1.29, 1.82) is 0 Å². The molecule has 0 aromatic carbocycles. The van der Waals surface area contributed by atoms with Crippen LogP contribution in [-0.2, 0) is 9.31 Å². The third kappa shape index (κ3) is 3.39. The van der Waals surface area contributed by atoms with Crippen LogP contribution in [0.5, 0.6) is 0 Å². The van der Waals surface area contributed by atoms with Crippen molar-refractivity contribution in [1.82, 2.24) is 0 Å². The Morgan fingerprint density at radius 3 is 1.06 bits per heavy atom. The lowest BCUT2D eigenvalue weighted by Crippen LogP contribution is -2.66. The number of rotatable bonds is 4. The molecule has 1 fully saturated rings. The van der Waals surface area contributed by atoms with Crippen molar-refractivity contribution < 1.29 is 49.8 Å². The lowest BCUT2D eigenvalue weighted by atomic mass is 9.83. The first kappa shape index (κ1) is 15.8. The molecule has 0 aromatic heterocycles. The van der Waals surface area contributed by atoms with Gasteiger partial charge in [0.15, 0.2) is 0 Å². The summed E-state index contributed by atoms with van der Waals surface area (Å²) in [5.74, 6) is 0. The van der Waals surface area contributed by atoms with Gasteiger partial charge in [-0.1, -0.05) is 0 Å². The van der Waals surface area contributed by atoms with Crippen molar-refractivity contribution in [3.63, 3.8) is 0 Å². The number of aliphatic hydroxyl groups is 4. The zero-order valence-electron chi connectivity index (χ0n) is 9.01. The average Bonchev–Trinajstić information content (AvgIpc) is 2.27. The van der Waals surface area contributed by atoms with Crippen LogP contribution in [0.25, 0.3) is 0 Å². The van der Waals surface area contributed by atoms with Gasteiger partial charge < -0.3 is 49.8 Å². The van der Waals surface area contributed by atoms with Gasteiger partial charge in [0.2, 0.25) is 0 Å². The Morgan fingerprint density at radius 2 is 0.833 bits per heavy atom. The summed E-state index contributed by atoms with van der Waals surface area (Å²) in [5.41, 5.74) is 0. The predicted molar refractivity (Wildman–Crippen MR) is 54.2 cm³/mol. The normalized spacial score (nSPS) is 40.7. The highest BCUT2D eigenvalue weighted by Gasteiger charge is 2.51. The van der Waals surface area contributed by atoms with Crippen molar-refractivity contribution in [2.45, 2.75) is 36.6 Å². The Balaban J connectivity index is 2.90. The van der Waals surface area contributed by atoms with Crippen LogP contribution in [0.4, 0.5) is 0 Å². The molecule has 0 spiro atoms. The van der Waals surface area contributed by atoms with Crippen molar-refractivity contribution in [2.24, 2.45) is 0 Å². The minimum atomic E-state index is -2.36. The van der Waals surface area contributed by atoms with E-state index in [1.807, 2.05) is 0 Å². The summed E-state index contributed by atoms with van der Waals surface area (Å²) in [6.45, 7) is 0. The van der Waals surface area contributed by atoms with Gasteiger partial charge in [-0.05, 0) is 0 Å². The van der Waals surface area contributed by atoms with Crippen LogP contribution >= 0.6 is 0 Å². The van der Waals surface area contributed by atoms with Crippen LogP contribution in [0.1, 0.15) is 0 Å². The topological polar surface area (TPSA) is 180 Å². The number of aliphatic hydroxyl groups excluding tert-OH is 4. The molecule has 0 bridgehead atoms. The van der Waals surface area contributed by atoms with E-state index in [1.54, 1.807) is 0 Å². The summed E-state index contributed by atoms with van der Waals surface area (Å²) < 4.78 is 8.78. The number of hydrogen-bond acceptors (Lipinski definition) is 10. The van der Waals surface area contributed by atoms with E-state index in [0.717, 1.165) is 0 Å². The van der Waals surface area contributed by atoms with Crippen LogP contribution < -0.4 is 0 Å². The fourth-order valence-corrected chi connectivity index (χ4v) is 1.78. The Hall–Kier alpha value is -0.270.